The number of methoxy groups -OCH3 is 1. The minimum absolute atomic E-state index is 0.0608. The highest BCUT2D eigenvalue weighted by Crippen LogP contribution is 2.33. The molecule has 1 aromatic heterocycles. The summed E-state index contributed by atoms with van der Waals surface area (Å²) in [6, 6.07) is 6.73. The molecular formula is C17H17N3O5S. The number of rotatable bonds is 4. The Morgan fingerprint density at radius 2 is 2.00 bits per heavy atom. The Morgan fingerprint density at radius 3 is 2.65 bits per heavy atom. The van der Waals surface area contributed by atoms with E-state index in [-0.39, 0.29) is 21.8 Å². The lowest BCUT2D eigenvalue weighted by atomic mass is 10.1. The number of sulfonamides is 1. The first kappa shape index (κ1) is 17.9. The fourth-order valence-corrected chi connectivity index (χ4v) is 4.52. The molecule has 9 heteroatoms. The third kappa shape index (κ3) is 2.80. The van der Waals surface area contributed by atoms with Crippen LogP contribution >= 0.6 is 0 Å². The van der Waals surface area contributed by atoms with Crippen LogP contribution in [-0.2, 0) is 10.0 Å². The van der Waals surface area contributed by atoms with Crippen LogP contribution in [0.4, 0.5) is 5.82 Å². The smallest absolute Gasteiger partial charge is 0.269 e. The third-order valence-corrected chi connectivity index (χ3v) is 5.90. The topological polar surface area (TPSA) is 106 Å². The Morgan fingerprint density at radius 1 is 1.27 bits per heavy atom. The normalized spacial score (nSPS) is 15.1. The van der Waals surface area contributed by atoms with Crippen LogP contribution in [0.2, 0.25) is 0 Å². The first-order valence-corrected chi connectivity index (χ1v) is 9.24. The number of fused-ring (bicyclic) bond motifs is 1. The summed E-state index contributed by atoms with van der Waals surface area (Å²) in [4.78, 5) is 28.7. The maximum atomic E-state index is 12.6. The number of aromatic nitrogens is 1. The molecule has 2 aromatic rings. The van der Waals surface area contributed by atoms with Gasteiger partial charge < -0.3 is 10.1 Å². The molecule has 0 aliphatic carbocycles. The molecule has 0 unspecified atom stereocenters. The molecule has 1 aliphatic rings. The Kier molecular flexibility index (Phi) is 4.41. The van der Waals surface area contributed by atoms with Gasteiger partial charge in [-0.05, 0) is 44.2 Å². The number of carbonyl (C=O) groups is 2. The summed E-state index contributed by atoms with van der Waals surface area (Å²) in [6.45, 7) is 3.23. The summed E-state index contributed by atoms with van der Waals surface area (Å²) < 4.78 is 31.2. The molecule has 26 heavy (non-hydrogen) atoms. The molecule has 0 atom stereocenters. The molecule has 0 saturated carbocycles. The van der Waals surface area contributed by atoms with Crippen molar-refractivity contribution in [1.29, 1.82) is 0 Å². The summed E-state index contributed by atoms with van der Waals surface area (Å²) in [6.07, 6.45) is 1.49. The largest absolute Gasteiger partial charge is 0.493 e. The summed E-state index contributed by atoms with van der Waals surface area (Å²) >= 11 is 0. The van der Waals surface area contributed by atoms with Gasteiger partial charge in [0.05, 0.1) is 12.7 Å². The van der Waals surface area contributed by atoms with Crippen LogP contribution in [0.3, 0.4) is 0 Å². The molecule has 0 radical (unpaired) electrons. The average Bonchev–Trinajstić information content (AvgIpc) is 2.81. The number of pyridine rings is 1. The van der Waals surface area contributed by atoms with Gasteiger partial charge in [0.1, 0.15) is 4.90 Å². The van der Waals surface area contributed by atoms with Crippen LogP contribution in [-0.4, -0.2) is 42.7 Å². The van der Waals surface area contributed by atoms with Gasteiger partial charge in [0.15, 0.2) is 11.6 Å². The van der Waals surface area contributed by atoms with Crippen molar-refractivity contribution in [2.75, 3.05) is 12.4 Å². The van der Waals surface area contributed by atoms with Gasteiger partial charge in [-0.3, -0.25) is 9.59 Å². The predicted octanol–water partition coefficient (Wildman–Crippen LogP) is 1.90. The lowest BCUT2D eigenvalue weighted by Crippen LogP contribution is -2.36. The van der Waals surface area contributed by atoms with Gasteiger partial charge in [-0.1, -0.05) is 0 Å². The summed E-state index contributed by atoms with van der Waals surface area (Å²) in [5.41, 5.74) is 0.157. The number of anilines is 1. The van der Waals surface area contributed by atoms with Crippen molar-refractivity contribution in [1.82, 2.24) is 9.29 Å². The van der Waals surface area contributed by atoms with Crippen LogP contribution in [0.1, 0.15) is 34.6 Å². The van der Waals surface area contributed by atoms with Gasteiger partial charge in [-0.15, -0.1) is 0 Å². The van der Waals surface area contributed by atoms with Gasteiger partial charge in [-0.25, -0.2) is 17.7 Å². The summed E-state index contributed by atoms with van der Waals surface area (Å²) in [7, 11) is -2.53. The fraction of sp³-hybridized carbons (Fsp3) is 0.235. The van der Waals surface area contributed by atoms with Crippen molar-refractivity contribution in [2.45, 2.75) is 24.8 Å². The van der Waals surface area contributed by atoms with Crippen LogP contribution in [0.5, 0.6) is 5.75 Å². The van der Waals surface area contributed by atoms with Crippen molar-refractivity contribution in [2.24, 2.45) is 0 Å². The van der Waals surface area contributed by atoms with E-state index in [4.69, 9.17) is 4.74 Å². The van der Waals surface area contributed by atoms with Crippen molar-refractivity contribution in [3.8, 4) is 5.75 Å². The fourth-order valence-electron chi connectivity index (χ4n) is 2.73. The molecule has 1 aromatic carbocycles. The van der Waals surface area contributed by atoms with Crippen LogP contribution in [0.25, 0.3) is 0 Å². The Hall–Kier alpha value is -2.94. The van der Waals surface area contributed by atoms with Gasteiger partial charge in [-0.2, -0.15) is 0 Å². The van der Waals surface area contributed by atoms with E-state index in [1.54, 1.807) is 26.0 Å². The summed E-state index contributed by atoms with van der Waals surface area (Å²) in [5.74, 6) is -0.567. The molecule has 0 spiro atoms. The van der Waals surface area contributed by atoms with Crippen molar-refractivity contribution < 1.29 is 22.7 Å². The molecule has 0 bridgehead atoms. The zero-order valence-corrected chi connectivity index (χ0v) is 15.2. The summed E-state index contributed by atoms with van der Waals surface area (Å²) in [5, 5.41) is 2.57. The van der Waals surface area contributed by atoms with E-state index in [0.29, 0.717) is 5.75 Å². The number of hydrogen-bond acceptors (Lipinski definition) is 6. The quantitative estimate of drug-likeness (QED) is 0.875. The molecule has 136 valence electrons. The Balaban J connectivity index is 1.97. The number of nitrogens with zero attached hydrogens (tertiary/aromatic N) is 2. The highest BCUT2D eigenvalue weighted by atomic mass is 32.2. The monoisotopic (exact) mass is 375 g/mol. The second kappa shape index (κ2) is 6.41. The van der Waals surface area contributed by atoms with E-state index >= 15 is 0 Å². The van der Waals surface area contributed by atoms with Crippen LogP contribution in [0, 0.1) is 0 Å². The molecule has 8 nitrogen and oxygen atoms in total. The Labute approximate surface area is 150 Å². The third-order valence-electron chi connectivity index (χ3n) is 3.90. The minimum atomic E-state index is -3.97. The number of amides is 2. The lowest BCUT2D eigenvalue weighted by molar-refractivity contribution is 0.0846. The highest BCUT2D eigenvalue weighted by molar-refractivity contribution is 7.90. The van der Waals surface area contributed by atoms with E-state index < -0.39 is 27.9 Å². The van der Waals surface area contributed by atoms with Crippen molar-refractivity contribution in [3.05, 3.63) is 47.7 Å². The van der Waals surface area contributed by atoms with E-state index in [1.807, 2.05) is 0 Å². The zero-order valence-electron chi connectivity index (χ0n) is 14.4. The van der Waals surface area contributed by atoms with E-state index in [0.717, 1.165) is 4.31 Å². The number of hydrogen-bond donors (Lipinski definition) is 1. The van der Waals surface area contributed by atoms with Gasteiger partial charge in [0.2, 0.25) is 0 Å². The molecular weight excluding hydrogens is 358 g/mol. The van der Waals surface area contributed by atoms with E-state index in [2.05, 4.69) is 10.3 Å². The van der Waals surface area contributed by atoms with E-state index in [9.17, 15) is 18.0 Å². The number of carbonyl (C=O) groups excluding carboxylic acids is 2. The maximum absolute atomic E-state index is 12.6. The number of benzene rings is 1. The second-order valence-corrected chi connectivity index (χ2v) is 7.70. The maximum Gasteiger partial charge on any atom is 0.269 e. The highest BCUT2D eigenvalue weighted by Gasteiger charge is 2.42. The van der Waals surface area contributed by atoms with Crippen LogP contribution < -0.4 is 10.1 Å². The average molecular weight is 375 g/mol. The molecule has 2 heterocycles. The SMILES string of the molecule is COc1cccnc1NC(=O)c1ccc2c(c1)S(=O)(=O)N(C(C)C)C2=O. The van der Waals surface area contributed by atoms with Gasteiger partial charge >= 0.3 is 0 Å². The first-order valence-electron chi connectivity index (χ1n) is 7.80. The number of ether oxygens (including phenoxy) is 1. The molecule has 0 saturated heterocycles. The molecule has 2 amide bonds. The van der Waals surface area contributed by atoms with Crippen molar-refractivity contribution >= 4 is 27.7 Å². The first-order chi connectivity index (χ1) is 12.3. The molecule has 1 aliphatic heterocycles. The minimum Gasteiger partial charge on any atom is -0.493 e. The molecule has 3 rings (SSSR count). The van der Waals surface area contributed by atoms with Crippen LogP contribution in [0.15, 0.2) is 41.4 Å². The van der Waals surface area contributed by atoms with Gasteiger partial charge in [0, 0.05) is 17.8 Å². The number of nitrogens with one attached hydrogen (secondary N) is 1. The Bertz CT molecular complexity index is 1000. The second-order valence-electron chi connectivity index (χ2n) is 5.92. The molecule has 0 fully saturated rings. The standard InChI is InChI=1S/C17H17N3O5S/c1-10(2)20-17(22)12-7-6-11(9-14(12)26(20,23)24)16(21)19-15-13(25-3)5-4-8-18-15/h4-10H,1-3H3,(H,18,19,21). The lowest BCUT2D eigenvalue weighted by Gasteiger charge is -2.18. The van der Waals surface area contributed by atoms with Crippen molar-refractivity contribution in [3.63, 3.8) is 0 Å². The van der Waals surface area contributed by atoms with E-state index in [1.165, 1.54) is 31.5 Å². The van der Waals surface area contributed by atoms with Gasteiger partial charge in [0.25, 0.3) is 21.8 Å². The predicted molar refractivity (Wildman–Crippen MR) is 93.7 cm³/mol. The zero-order chi connectivity index (χ0) is 19.1. The molecule has 1 N–H and O–H groups in total.